The van der Waals surface area contributed by atoms with Crippen LogP contribution < -0.4 is 15.4 Å². The van der Waals surface area contributed by atoms with Gasteiger partial charge in [-0.3, -0.25) is 9.59 Å². The summed E-state index contributed by atoms with van der Waals surface area (Å²) in [6.07, 6.45) is -4.23. The van der Waals surface area contributed by atoms with Crippen molar-refractivity contribution in [2.24, 2.45) is 0 Å². The first-order chi connectivity index (χ1) is 13.6. The molecule has 0 radical (unpaired) electrons. The van der Waals surface area contributed by atoms with Crippen molar-refractivity contribution in [3.63, 3.8) is 0 Å². The third kappa shape index (κ3) is 4.95. The van der Waals surface area contributed by atoms with Gasteiger partial charge in [0, 0.05) is 25.1 Å². The number of benzene rings is 2. The minimum Gasteiger partial charge on any atom is -0.508 e. The first kappa shape index (κ1) is 20.4. The number of piperidine rings is 1. The van der Waals surface area contributed by atoms with Gasteiger partial charge in [0.15, 0.2) is 11.6 Å². The lowest BCUT2D eigenvalue weighted by Gasteiger charge is -2.23. The van der Waals surface area contributed by atoms with Gasteiger partial charge in [0.2, 0.25) is 5.91 Å². The van der Waals surface area contributed by atoms with Gasteiger partial charge >= 0.3 is 6.18 Å². The predicted molar refractivity (Wildman–Crippen MR) is 93.1 cm³/mol. The Labute approximate surface area is 162 Å². The Hall–Kier alpha value is -3.30. The SMILES string of the molecule is O=C1CC(NC(=O)c2ccc(C(F)(F)F)cc2Oc2cc(O)ccc2F)CCN1. The smallest absolute Gasteiger partial charge is 0.416 e. The summed E-state index contributed by atoms with van der Waals surface area (Å²) >= 11 is 0. The number of hydrogen-bond acceptors (Lipinski definition) is 4. The van der Waals surface area contributed by atoms with Gasteiger partial charge in [-0.1, -0.05) is 0 Å². The summed E-state index contributed by atoms with van der Waals surface area (Å²) in [4.78, 5) is 24.0. The molecule has 1 fully saturated rings. The second kappa shape index (κ2) is 7.98. The van der Waals surface area contributed by atoms with Crippen molar-refractivity contribution in [3.8, 4) is 17.2 Å². The fourth-order valence-electron chi connectivity index (χ4n) is 2.83. The number of nitrogens with one attached hydrogen (secondary N) is 2. The average molecular weight is 412 g/mol. The highest BCUT2D eigenvalue weighted by atomic mass is 19.4. The number of ether oxygens (including phenoxy) is 1. The van der Waals surface area contributed by atoms with E-state index in [4.69, 9.17) is 4.74 Å². The molecule has 0 spiro atoms. The van der Waals surface area contributed by atoms with Crippen LogP contribution >= 0.6 is 0 Å². The predicted octanol–water partition coefficient (Wildman–Crippen LogP) is 3.35. The average Bonchev–Trinajstić information content (AvgIpc) is 2.64. The quantitative estimate of drug-likeness (QED) is 0.673. The zero-order valence-electron chi connectivity index (χ0n) is 14.8. The number of phenolic OH excluding ortho intramolecular Hbond substituents is 1. The molecule has 10 heteroatoms. The molecular formula is C19H16F4N2O4. The van der Waals surface area contributed by atoms with Crippen LogP contribution in [0, 0.1) is 5.82 Å². The Morgan fingerprint density at radius 3 is 2.62 bits per heavy atom. The van der Waals surface area contributed by atoms with E-state index in [2.05, 4.69) is 10.6 Å². The van der Waals surface area contributed by atoms with Crippen LogP contribution in [0.25, 0.3) is 0 Å². The maximum Gasteiger partial charge on any atom is 0.416 e. The van der Waals surface area contributed by atoms with Crippen LogP contribution in [-0.4, -0.2) is 29.5 Å². The molecular weight excluding hydrogens is 396 g/mol. The second-order valence-electron chi connectivity index (χ2n) is 6.44. The Morgan fingerprint density at radius 1 is 1.17 bits per heavy atom. The van der Waals surface area contributed by atoms with Crippen LogP contribution in [0.15, 0.2) is 36.4 Å². The Kier molecular flexibility index (Phi) is 5.62. The van der Waals surface area contributed by atoms with Crippen LogP contribution in [0.3, 0.4) is 0 Å². The zero-order chi connectivity index (χ0) is 21.2. The molecule has 154 valence electrons. The minimum atomic E-state index is -4.72. The summed E-state index contributed by atoms with van der Waals surface area (Å²) in [7, 11) is 0. The van der Waals surface area contributed by atoms with Gasteiger partial charge in [-0.15, -0.1) is 0 Å². The Balaban J connectivity index is 1.94. The standard InChI is InChI=1S/C19H16F4N2O4/c20-14-4-2-12(26)9-16(14)29-15-7-10(19(21,22)23)1-3-13(15)18(28)25-11-5-6-24-17(27)8-11/h1-4,7,9,11,26H,5-6,8H2,(H,24,27)(H,25,28). The summed E-state index contributed by atoms with van der Waals surface area (Å²) < 4.78 is 58.4. The maximum absolute atomic E-state index is 13.9. The highest BCUT2D eigenvalue weighted by Crippen LogP contribution is 2.36. The number of alkyl halides is 3. The molecule has 3 N–H and O–H groups in total. The van der Waals surface area contributed by atoms with E-state index in [9.17, 15) is 32.3 Å². The van der Waals surface area contributed by atoms with E-state index in [1.165, 1.54) is 0 Å². The van der Waals surface area contributed by atoms with Crippen LogP contribution in [0.4, 0.5) is 17.6 Å². The van der Waals surface area contributed by atoms with Crippen LogP contribution in [0.5, 0.6) is 17.2 Å². The van der Waals surface area contributed by atoms with E-state index in [1.54, 1.807) is 0 Å². The molecule has 0 bridgehead atoms. The van der Waals surface area contributed by atoms with Crippen LogP contribution in [0.1, 0.15) is 28.8 Å². The van der Waals surface area contributed by atoms with E-state index in [-0.39, 0.29) is 23.6 Å². The van der Waals surface area contributed by atoms with E-state index in [0.29, 0.717) is 25.1 Å². The van der Waals surface area contributed by atoms with Gasteiger partial charge in [-0.05, 0) is 36.8 Å². The van der Waals surface area contributed by atoms with E-state index >= 15 is 0 Å². The number of rotatable bonds is 4. The molecule has 1 aliphatic rings. The van der Waals surface area contributed by atoms with Gasteiger partial charge in [-0.25, -0.2) is 4.39 Å². The molecule has 3 rings (SSSR count). The van der Waals surface area contributed by atoms with Crippen molar-refractivity contribution in [1.82, 2.24) is 10.6 Å². The first-order valence-electron chi connectivity index (χ1n) is 8.58. The molecule has 6 nitrogen and oxygen atoms in total. The molecule has 0 aromatic heterocycles. The highest BCUT2D eigenvalue weighted by molar-refractivity contribution is 5.97. The number of phenols is 1. The van der Waals surface area contributed by atoms with Gasteiger partial charge in [0.1, 0.15) is 11.5 Å². The number of carbonyl (C=O) groups excluding carboxylic acids is 2. The Morgan fingerprint density at radius 2 is 1.93 bits per heavy atom. The van der Waals surface area contributed by atoms with Crippen LogP contribution in [0.2, 0.25) is 0 Å². The monoisotopic (exact) mass is 412 g/mol. The fraction of sp³-hybridized carbons (Fsp3) is 0.263. The lowest BCUT2D eigenvalue weighted by Crippen LogP contribution is -2.45. The molecule has 0 saturated carbocycles. The number of amides is 2. The molecule has 29 heavy (non-hydrogen) atoms. The highest BCUT2D eigenvalue weighted by Gasteiger charge is 2.32. The van der Waals surface area contributed by atoms with Crippen LogP contribution in [-0.2, 0) is 11.0 Å². The molecule has 1 atom stereocenters. The van der Waals surface area contributed by atoms with Gasteiger partial charge in [-0.2, -0.15) is 13.2 Å². The third-order valence-electron chi connectivity index (χ3n) is 4.27. The van der Waals surface area contributed by atoms with E-state index in [0.717, 1.165) is 24.3 Å². The first-order valence-corrected chi connectivity index (χ1v) is 8.58. The van der Waals surface area contributed by atoms with Crippen molar-refractivity contribution in [3.05, 3.63) is 53.3 Å². The lowest BCUT2D eigenvalue weighted by atomic mass is 10.0. The van der Waals surface area contributed by atoms with Gasteiger partial charge in [0.05, 0.1) is 11.1 Å². The largest absolute Gasteiger partial charge is 0.508 e. The van der Waals surface area contributed by atoms with Crippen molar-refractivity contribution in [1.29, 1.82) is 0 Å². The number of aromatic hydroxyl groups is 1. The molecule has 1 aliphatic heterocycles. The second-order valence-corrected chi connectivity index (χ2v) is 6.44. The van der Waals surface area contributed by atoms with Crippen molar-refractivity contribution < 1.29 is 37.0 Å². The topological polar surface area (TPSA) is 87.7 Å². The zero-order valence-corrected chi connectivity index (χ0v) is 14.8. The van der Waals surface area contributed by atoms with Gasteiger partial charge < -0.3 is 20.5 Å². The van der Waals surface area contributed by atoms with E-state index < -0.39 is 41.0 Å². The van der Waals surface area contributed by atoms with Crippen molar-refractivity contribution >= 4 is 11.8 Å². The molecule has 1 heterocycles. The summed E-state index contributed by atoms with van der Waals surface area (Å²) in [5, 5.41) is 14.6. The molecule has 2 amide bonds. The van der Waals surface area contributed by atoms with E-state index in [1.807, 2.05) is 0 Å². The minimum absolute atomic E-state index is 0.0315. The summed E-state index contributed by atoms with van der Waals surface area (Å²) in [5.74, 6) is -3.41. The fourth-order valence-corrected chi connectivity index (χ4v) is 2.83. The molecule has 1 unspecified atom stereocenters. The van der Waals surface area contributed by atoms with Crippen molar-refractivity contribution in [2.45, 2.75) is 25.1 Å². The van der Waals surface area contributed by atoms with Gasteiger partial charge in [0.25, 0.3) is 5.91 Å². The lowest BCUT2D eigenvalue weighted by molar-refractivity contribution is -0.137. The molecule has 1 saturated heterocycles. The number of hydrogen-bond donors (Lipinski definition) is 3. The summed E-state index contributed by atoms with van der Waals surface area (Å²) in [5.41, 5.74) is -1.37. The van der Waals surface area contributed by atoms with Crippen molar-refractivity contribution in [2.75, 3.05) is 6.54 Å². The third-order valence-corrected chi connectivity index (χ3v) is 4.27. The number of carbonyl (C=O) groups is 2. The maximum atomic E-state index is 13.9. The summed E-state index contributed by atoms with van der Waals surface area (Å²) in [6.45, 7) is 0.356. The normalized spacial score (nSPS) is 16.8. The molecule has 2 aromatic rings. The summed E-state index contributed by atoms with van der Waals surface area (Å²) in [6, 6.07) is 4.48. The number of halogens is 4. The molecule has 0 aliphatic carbocycles. The Bertz CT molecular complexity index is 946. The molecule has 2 aromatic carbocycles.